The van der Waals surface area contributed by atoms with Gasteiger partial charge in [0.25, 0.3) is 0 Å². The summed E-state index contributed by atoms with van der Waals surface area (Å²) in [6.07, 6.45) is 5.40. The van der Waals surface area contributed by atoms with Crippen LogP contribution in [-0.2, 0) is 0 Å². The molecule has 3 rings (SSSR count). The summed E-state index contributed by atoms with van der Waals surface area (Å²) in [5.74, 6) is 0.632. The Labute approximate surface area is 124 Å². The van der Waals surface area contributed by atoms with Gasteiger partial charge in [-0.15, -0.1) is 0 Å². The SMILES string of the molecule is OCC(Nc1nc(Br)cn2ccnc12)c1ccccc1. The number of benzene rings is 1. The quantitative estimate of drug-likeness (QED) is 0.771. The van der Waals surface area contributed by atoms with Crippen molar-refractivity contribution < 1.29 is 5.11 Å². The van der Waals surface area contributed by atoms with Crippen LogP contribution in [-0.4, -0.2) is 26.1 Å². The fourth-order valence-electron chi connectivity index (χ4n) is 2.08. The third kappa shape index (κ3) is 2.52. The third-order valence-corrected chi connectivity index (χ3v) is 3.42. The maximum absolute atomic E-state index is 9.60. The van der Waals surface area contributed by atoms with Crippen LogP contribution in [0.15, 0.2) is 53.5 Å². The van der Waals surface area contributed by atoms with Crippen molar-refractivity contribution >= 4 is 27.4 Å². The normalized spacial score (nSPS) is 12.5. The summed E-state index contributed by atoms with van der Waals surface area (Å²) in [5, 5.41) is 12.8. The zero-order chi connectivity index (χ0) is 13.9. The van der Waals surface area contributed by atoms with Gasteiger partial charge >= 0.3 is 0 Å². The number of aromatic nitrogens is 3. The van der Waals surface area contributed by atoms with Crippen LogP contribution in [0.1, 0.15) is 11.6 Å². The van der Waals surface area contributed by atoms with E-state index < -0.39 is 0 Å². The molecular formula is C14H13BrN4O. The molecule has 0 aliphatic rings. The topological polar surface area (TPSA) is 62.5 Å². The smallest absolute Gasteiger partial charge is 0.180 e. The third-order valence-electron chi connectivity index (χ3n) is 3.04. The molecule has 0 aliphatic carbocycles. The molecule has 0 aliphatic heterocycles. The highest BCUT2D eigenvalue weighted by Crippen LogP contribution is 2.22. The fourth-order valence-corrected chi connectivity index (χ4v) is 2.48. The van der Waals surface area contributed by atoms with Crippen LogP contribution in [0.3, 0.4) is 0 Å². The Kier molecular flexibility index (Phi) is 3.66. The number of nitrogens with one attached hydrogen (secondary N) is 1. The molecule has 1 unspecified atom stereocenters. The molecule has 2 N–H and O–H groups in total. The van der Waals surface area contributed by atoms with Crippen molar-refractivity contribution in [3.05, 3.63) is 59.1 Å². The number of halogens is 1. The molecule has 5 nitrogen and oxygen atoms in total. The van der Waals surface area contributed by atoms with E-state index in [2.05, 4.69) is 31.2 Å². The summed E-state index contributed by atoms with van der Waals surface area (Å²) >= 11 is 3.37. The number of hydrogen-bond acceptors (Lipinski definition) is 4. The zero-order valence-electron chi connectivity index (χ0n) is 10.6. The first kappa shape index (κ1) is 13.1. The van der Waals surface area contributed by atoms with Crippen LogP contribution >= 0.6 is 15.9 Å². The maximum atomic E-state index is 9.60. The lowest BCUT2D eigenvalue weighted by atomic mass is 10.1. The Bertz CT molecular complexity index is 714. The minimum absolute atomic E-state index is 0.0227. The number of aliphatic hydroxyl groups is 1. The van der Waals surface area contributed by atoms with Gasteiger partial charge in [0.1, 0.15) is 4.60 Å². The molecule has 0 fully saturated rings. The molecule has 1 aromatic carbocycles. The van der Waals surface area contributed by atoms with Gasteiger partial charge in [-0.25, -0.2) is 9.97 Å². The summed E-state index contributed by atoms with van der Waals surface area (Å²) in [7, 11) is 0. The standard InChI is InChI=1S/C14H13BrN4O/c15-12-8-19-7-6-16-14(19)13(18-12)17-11(9-20)10-4-2-1-3-5-10/h1-8,11,20H,9H2,(H,17,18). The molecule has 2 heterocycles. The second-order valence-corrected chi connectivity index (χ2v) is 5.17. The molecule has 0 spiro atoms. The Morgan fingerprint density at radius 2 is 2.10 bits per heavy atom. The van der Waals surface area contributed by atoms with E-state index in [1.54, 1.807) is 6.20 Å². The van der Waals surface area contributed by atoms with Crippen molar-refractivity contribution in [1.29, 1.82) is 0 Å². The van der Waals surface area contributed by atoms with E-state index in [0.717, 1.165) is 11.2 Å². The highest BCUT2D eigenvalue weighted by Gasteiger charge is 2.14. The number of aliphatic hydroxyl groups excluding tert-OH is 1. The second kappa shape index (κ2) is 5.60. The van der Waals surface area contributed by atoms with Crippen molar-refractivity contribution in [3.63, 3.8) is 0 Å². The summed E-state index contributed by atoms with van der Waals surface area (Å²) < 4.78 is 2.58. The zero-order valence-corrected chi connectivity index (χ0v) is 12.2. The van der Waals surface area contributed by atoms with Crippen LogP contribution < -0.4 is 5.32 Å². The highest BCUT2D eigenvalue weighted by molar-refractivity contribution is 9.10. The van der Waals surface area contributed by atoms with Crippen molar-refractivity contribution in [2.75, 3.05) is 11.9 Å². The van der Waals surface area contributed by atoms with E-state index in [9.17, 15) is 5.11 Å². The fraction of sp³-hybridized carbons (Fsp3) is 0.143. The maximum Gasteiger partial charge on any atom is 0.180 e. The van der Waals surface area contributed by atoms with Crippen molar-refractivity contribution in [1.82, 2.24) is 14.4 Å². The molecule has 102 valence electrons. The molecule has 3 aromatic rings. The Balaban J connectivity index is 1.97. The van der Waals surface area contributed by atoms with Gasteiger partial charge in [-0.1, -0.05) is 30.3 Å². The summed E-state index contributed by atoms with van der Waals surface area (Å²) in [4.78, 5) is 8.67. The number of rotatable bonds is 4. The van der Waals surface area contributed by atoms with Gasteiger partial charge in [0.2, 0.25) is 0 Å². The van der Waals surface area contributed by atoms with Gasteiger partial charge < -0.3 is 14.8 Å². The van der Waals surface area contributed by atoms with Gasteiger partial charge in [0, 0.05) is 18.6 Å². The predicted octanol–water partition coefficient (Wildman–Crippen LogP) is 2.64. The van der Waals surface area contributed by atoms with Gasteiger partial charge in [-0.3, -0.25) is 0 Å². The second-order valence-electron chi connectivity index (χ2n) is 4.36. The Morgan fingerprint density at radius 3 is 2.85 bits per heavy atom. The van der Waals surface area contributed by atoms with Crippen molar-refractivity contribution in [2.45, 2.75) is 6.04 Å². The van der Waals surface area contributed by atoms with E-state index in [1.165, 1.54) is 0 Å². The molecule has 20 heavy (non-hydrogen) atoms. The van der Waals surface area contributed by atoms with E-state index >= 15 is 0 Å². The summed E-state index contributed by atoms with van der Waals surface area (Å²) in [6, 6.07) is 9.54. The van der Waals surface area contributed by atoms with Crippen LogP contribution in [0.2, 0.25) is 0 Å². The molecule has 0 radical (unpaired) electrons. The van der Waals surface area contributed by atoms with Gasteiger partial charge in [-0.05, 0) is 21.5 Å². The van der Waals surface area contributed by atoms with Crippen molar-refractivity contribution in [3.8, 4) is 0 Å². The first-order valence-electron chi connectivity index (χ1n) is 6.19. The molecule has 1 atom stereocenters. The predicted molar refractivity (Wildman–Crippen MR) is 80.6 cm³/mol. The lowest BCUT2D eigenvalue weighted by Crippen LogP contribution is -2.16. The summed E-state index contributed by atoms with van der Waals surface area (Å²) in [6.45, 7) is -0.0227. The lowest BCUT2D eigenvalue weighted by molar-refractivity contribution is 0.276. The molecule has 2 aromatic heterocycles. The molecule has 6 heteroatoms. The van der Waals surface area contributed by atoms with Gasteiger partial charge in [0.05, 0.1) is 12.6 Å². The van der Waals surface area contributed by atoms with Crippen LogP contribution in [0.5, 0.6) is 0 Å². The highest BCUT2D eigenvalue weighted by atomic mass is 79.9. The van der Waals surface area contributed by atoms with Gasteiger partial charge in [-0.2, -0.15) is 0 Å². The number of nitrogens with zero attached hydrogens (tertiary/aromatic N) is 3. The molecular weight excluding hydrogens is 320 g/mol. The number of anilines is 1. The van der Waals surface area contributed by atoms with Crippen LogP contribution in [0.4, 0.5) is 5.82 Å². The molecule has 0 saturated heterocycles. The average Bonchev–Trinajstić information content (AvgIpc) is 2.93. The first-order chi connectivity index (χ1) is 9.78. The summed E-state index contributed by atoms with van der Waals surface area (Å²) in [5.41, 5.74) is 1.73. The molecule has 0 bridgehead atoms. The first-order valence-corrected chi connectivity index (χ1v) is 6.99. The van der Waals surface area contributed by atoms with Crippen LogP contribution in [0.25, 0.3) is 5.65 Å². The minimum Gasteiger partial charge on any atom is -0.394 e. The van der Waals surface area contributed by atoms with E-state index in [-0.39, 0.29) is 12.6 Å². The molecule has 0 saturated carbocycles. The lowest BCUT2D eigenvalue weighted by Gasteiger charge is -2.17. The van der Waals surface area contributed by atoms with Crippen molar-refractivity contribution in [2.24, 2.45) is 0 Å². The number of hydrogen-bond donors (Lipinski definition) is 2. The van der Waals surface area contributed by atoms with E-state index in [1.807, 2.05) is 47.1 Å². The largest absolute Gasteiger partial charge is 0.394 e. The Morgan fingerprint density at radius 1 is 1.30 bits per heavy atom. The van der Waals surface area contributed by atoms with Gasteiger partial charge in [0.15, 0.2) is 11.5 Å². The number of fused-ring (bicyclic) bond motifs is 1. The monoisotopic (exact) mass is 332 g/mol. The van der Waals surface area contributed by atoms with Crippen LogP contribution in [0, 0.1) is 0 Å². The molecule has 0 amide bonds. The van der Waals surface area contributed by atoms with E-state index in [0.29, 0.717) is 10.4 Å². The number of imidazole rings is 1. The Hall–Kier alpha value is -1.92. The minimum atomic E-state index is -0.224. The van der Waals surface area contributed by atoms with E-state index in [4.69, 9.17) is 0 Å². The average molecular weight is 333 g/mol.